The second-order valence-corrected chi connectivity index (χ2v) is 8.62. The number of benzene rings is 2. The number of anilines is 1. The monoisotopic (exact) mass is 448 g/mol. The van der Waals surface area contributed by atoms with Gasteiger partial charge in [-0.05, 0) is 48.7 Å². The van der Waals surface area contributed by atoms with Crippen molar-refractivity contribution in [1.82, 2.24) is 14.7 Å². The third-order valence-electron chi connectivity index (χ3n) is 6.41. The van der Waals surface area contributed by atoms with Gasteiger partial charge >= 0.3 is 6.09 Å². The van der Waals surface area contributed by atoms with E-state index in [1.807, 2.05) is 41.4 Å². The van der Waals surface area contributed by atoms with Gasteiger partial charge in [-0.1, -0.05) is 24.3 Å². The lowest BCUT2D eigenvalue weighted by Gasteiger charge is -2.26. The molecule has 170 valence electrons. The van der Waals surface area contributed by atoms with E-state index in [-0.39, 0.29) is 5.91 Å². The fourth-order valence-corrected chi connectivity index (χ4v) is 4.70. The minimum atomic E-state index is -0.674. The van der Waals surface area contributed by atoms with Gasteiger partial charge in [0.25, 0.3) is 5.91 Å². The molecule has 2 aliphatic rings. The van der Waals surface area contributed by atoms with Crippen LogP contribution in [0, 0.1) is 5.82 Å². The van der Waals surface area contributed by atoms with Crippen LogP contribution in [0.5, 0.6) is 0 Å². The zero-order chi connectivity index (χ0) is 22.8. The Kier molecular flexibility index (Phi) is 5.58. The molecule has 1 unspecified atom stereocenters. The van der Waals surface area contributed by atoms with Crippen molar-refractivity contribution in [3.05, 3.63) is 83.9 Å². The SMILES string of the molecule is O=C(c1ccccc1Cn1cccn1)N1CCCC2(CC1)CN(c1cccc(F)c1)C(=O)O2. The molecule has 0 aliphatic carbocycles. The molecule has 7 nitrogen and oxygen atoms in total. The number of nitrogens with zero attached hydrogens (tertiary/aromatic N) is 4. The molecule has 0 saturated carbocycles. The Bertz CT molecular complexity index is 1170. The first-order chi connectivity index (χ1) is 16.0. The van der Waals surface area contributed by atoms with Crippen LogP contribution in [0.25, 0.3) is 0 Å². The lowest BCUT2D eigenvalue weighted by molar-refractivity contribution is 0.0438. The molecule has 0 N–H and O–H groups in total. The molecule has 2 saturated heterocycles. The smallest absolute Gasteiger partial charge is 0.415 e. The van der Waals surface area contributed by atoms with E-state index in [2.05, 4.69) is 5.10 Å². The molecule has 1 atom stereocenters. The van der Waals surface area contributed by atoms with Gasteiger partial charge in [-0.15, -0.1) is 0 Å². The van der Waals surface area contributed by atoms with Gasteiger partial charge in [0.1, 0.15) is 11.4 Å². The van der Waals surface area contributed by atoms with E-state index < -0.39 is 17.5 Å². The highest BCUT2D eigenvalue weighted by atomic mass is 19.1. The fraction of sp³-hybridized carbons (Fsp3) is 0.320. The molecule has 2 fully saturated rings. The number of hydrogen-bond donors (Lipinski definition) is 0. The number of carbonyl (C=O) groups excluding carboxylic acids is 2. The fourth-order valence-electron chi connectivity index (χ4n) is 4.70. The number of ether oxygens (including phenoxy) is 1. The van der Waals surface area contributed by atoms with Crippen LogP contribution in [-0.4, -0.2) is 51.9 Å². The normalized spacial score (nSPS) is 20.7. The molecule has 2 aromatic carbocycles. The lowest BCUT2D eigenvalue weighted by Crippen LogP contribution is -2.37. The molecule has 0 radical (unpaired) electrons. The van der Waals surface area contributed by atoms with Crippen LogP contribution in [0.1, 0.15) is 35.2 Å². The van der Waals surface area contributed by atoms with Gasteiger partial charge in [0, 0.05) is 37.5 Å². The summed E-state index contributed by atoms with van der Waals surface area (Å²) in [6, 6.07) is 15.4. The van der Waals surface area contributed by atoms with Crippen molar-refractivity contribution in [3.8, 4) is 0 Å². The Morgan fingerprint density at radius 1 is 1.09 bits per heavy atom. The Labute approximate surface area is 191 Å². The van der Waals surface area contributed by atoms with E-state index >= 15 is 0 Å². The maximum absolute atomic E-state index is 13.7. The maximum Gasteiger partial charge on any atom is 0.415 e. The molecular formula is C25H25FN4O3. The predicted molar refractivity (Wildman–Crippen MR) is 120 cm³/mol. The summed E-state index contributed by atoms with van der Waals surface area (Å²) in [6.45, 7) is 1.95. The summed E-state index contributed by atoms with van der Waals surface area (Å²) in [5.74, 6) is -0.422. The largest absolute Gasteiger partial charge is 0.441 e. The summed E-state index contributed by atoms with van der Waals surface area (Å²) >= 11 is 0. The molecule has 3 heterocycles. The van der Waals surface area contributed by atoms with Crippen molar-refractivity contribution in [3.63, 3.8) is 0 Å². The molecule has 0 bridgehead atoms. The molecule has 2 aliphatic heterocycles. The van der Waals surface area contributed by atoms with Crippen molar-refractivity contribution in [2.24, 2.45) is 0 Å². The Morgan fingerprint density at radius 2 is 1.97 bits per heavy atom. The highest BCUT2D eigenvalue weighted by molar-refractivity contribution is 5.96. The highest BCUT2D eigenvalue weighted by Crippen LogP contribution is 2.36. The van der Waals surface area contributed by atoms with Crippen molar-refractivity contribution < 1.29 is 18.7 Å². The van der Waals surface area contributed by atoms with Crippen molar-refractivity contribution >= 4 is 17.7 Å². The van der Waals surface area contributed by atoms with Crippen LogP contribution in [0.2, 0.25) is 0 Å². The molecule has 1 aromatic heterocycles. The van der Waals surface area contributed by atoms with E-state index in [1.165, 1.54) is 17.0 Å². The predicted octanol–water partition coefficient (Wildman–Crippen LogP) is 4.09. The first kappa shape index (κ1) is 21.2. The number of aromatic nitrogens is 2. The molecule has 2 amide bonds. The molecule has 5 rings (SSSR count). The molecular weight excluding hydrogens is 423 g/mol. The standard InChI is InChI=1S/C25H25FN4O3/c26-20-7-3-8-21(16-20)30-18-25(33-24(30)32)10-4-13-28(15-11-25)23(31)22-9-2-1-6-19(22)17-29-14-5-12-27-29/h1-3,5-9,12,14,16H,4,10-11,13,15,17-18H2. The van der Waals surface area contributed by atoms with Gasteiger partial charge in [0.15, 0.2) is 0 Å². The number of rotatable bonds is 4. The minimum absolute atomic E-state index is 0.0267. The first-order valence-corrected chi connectivity index (χ1v) is 11.1. The zero-order valence-electron chi connectivity index (χ0n) is 18.2. The van der Waals surface area contributed by atoms with Gasteiger partial charge in [-0.3, -0.25) is 14.4 Å². The van der Waals surface area contributed by atoms with E-state index in [9.17, 15) is 14.0 Å². The van der Waals surface area contributed by atoms with Gasteiger partial charge in [-0.2, -0.15) is 5.10 Å². The molecule has 8 heteroatoms. The van der Waals surface area contributed by atoms with Gasteiger partial charge in [-0.25, -0.2) is 9.18 Å². The summed E-state index contributed by atoms with van der Waals surface area (Å²) in [4.78, 5) is 29.4. The Morgan fingerprint density at radius 3 is 2.79 bits per heavy atom. The van der Waals surface area contributed by atoms with Crippen LogP contribution >= 0.6 is 0 Å². The van der Waals surface area contributed by atoms with Crippen molar-refractivity contribution in [1.29, 1.82) is 0 Å². The van der Waals surface area contributed by atoms with Crippen LogP contribution in [0.15, 0.2) is 67.0 Å². The summed E-state index contributed by atoms with van der Waals surface area (Å²) in [7, 11) is 0. The average molecular weight is 448 g/mol. The third-order valence-corrected chi connectivity index (χ3v) is 6.41. The van der Waals surface area contributed by atoms with E-state index in [0.29, 0.717) is 50.3 Å². The van der Waals surface area contributed by atoms with Crippen molar-refractivity contribution in [2.75, 3.05) is 24.5 Å². The van der Waals surface area contributed by atoms with Crippen LogP contribution in [0.3, 0.4) is 0 Å². The molecule has 33 heavy (non-hydrogen) atoms. The number of carbonyl (C=O) groups is 2. The molecule has 3 aromatic rings. The third kappa shape index (κ3) is 4.33. The summed E-state index contributed by atoms with van der Waals surface area (Å²) in [5, 5.41) is 4.25. The van der Waals surface area contributed by atoms with Crippen LogP contribution in [0.4, 0.5) is 14.9 Å². The first-order valence-electron chi connectivity index (χ1n) is 11.1. The van der Waals surface area contributed by atoms with Crippen LogP contribution < -0.4 is 4.90 Å². The number of hydrogen-bond acceptors (Lipinski definition) is 4. The second-order valence-electron chi connectivity index (χ2n) is 8.62. The number of halogens is 1. The molecule has 1 spiro atoms. The summed E-state index contributed by atoms with van der Waals surface area (Å²) < 4.78 is 21.3. The number of amides is 2. The van der Waals surface area contributed by atoms with Gasteiger partial charge in [0.2, 0.25) is 0 Å². The number of likely N-dealkylation sites (tertiary alicyclic amines) is 1. The van der Waals surface area contributed by atoms with Crippen molar-refractivity contribution in [2.45, 2.75) is 31.4 Å². The Balaban J connectivity index is 1.30. The van der Waals surface area contributed by atoms with E-state index in [0.717, 1.165) is 12.0 Å². The highest BCUT2D eigenvalue weighted by Gasteiger charge is 2.46. The van der Waals surface area contributed by atoms with Crippen LogP contribution in [-0.2, 0) is 11.3 Å². The van der Waals surface area contributed by atoms with Gasteiger partial charge in [0.05, 0.1) is 18.8 Å². The maximum atomic E-state index is 13.7. The summed E-state index contributed by atoms with van der Waals surface area (Å²) in [6.07, 6.45) is 5.03. The van der Waals surface area contributed by atoms with E-state index in [1.54, 1.807) is 23.0 Å². The minimum Gasteiger partial charge on any atom is -0.441 e. The lowest BCUT2D eigenvalue weighted by atomic mass is 9.95. The zero-order valence-corrected chi connectivity index (χ0v) is 18.2. The quantitative estimate of drug-likeness (QED) is 0.603. The Hall–Kier alpha value is -3.68. The average Bonchev–Trinajstić information content (AvgIpc) is 3.38. The second kappa shape index (κ2) is 8.69. The van der Waals surface area contributed by atoms with Gasteiger partial charge < -0.3 is 9.64 Å². The van der Waals surface area contributed by atoms with E-state index in [4.69, 9.17) is 4.74 Å². The topological polar surface area (TPSA) is 67.7 Å². The summed E-state index contributed by atoms with van der Waals surface area (Å²) in [5.41, 5.74) is 1.39.